The van der Waals surface area contributed by atoms with Crippen molar-refractivity contribution in [1.82, 2.24) is 9.55 Å². The molecule has 9 aromatic rings. The van der Waals surface area contributed by atoms with Gasteiger partial charge >= 0.3 is 0 Å². The number of para-hydroxylation sites is 3. The van der Waals surface area contributed by atoms with Gasteiger partial charge in [0.05, 0.1) is 16.7 Å². The van der Waals surface area contributed by atoms with Gasteiger partial charge in [-0.2, -0.15) is 0 Å². The highest BCUT2D eigenvalue weighted by molar-refractivity contribution is 7.25. The Kier molecular flexibility index (Phi) is 4.21. The molecule has 0 atom stereocenters. The van der Waals surface area contributed by atoms with Gasteiger partial charge in [-0.15, -0.1) is 11.3 Å². The van der Waals surface area contributed by atoms with Gasteiger partial charge in [-0.25, -0.2) is 0 Å². The quantitative estimate of drug-likeness (QED) is 0.229. The number of rotatable bonds is 2. The Bertz CT molecular complexity index is 2410. The van der Waals surface area contributed by atoms with Crippen LogP contribution in [0.2, 0.25) is 0 Å². The largest absolute Gasteiger partial charge is 0.455 e. The summed E-state index contributed by atoms with van der Waals surface area (Å²) in [6.45, 7) is 0. The van der Waals surface area contributed by atoms with Gasteiger partial charge in [0.25, 0.3) is 0 Å². The zero-order valence-corrected chi connectivity index (χ0v) is 21.6. The molecule has 0 fully saturated rings. The molecule has 9 rings (SSSR count). The predicted octanol–water partition coefficient (Wildman–Crippen LogP) is 10.1. The van der Waals surface area contributed by atoms with E-state index in [-0.39, 0.29) is 0 Å². The van der Waals surface area contributed by atoms with Crippen LogP contribution in [-0.2, 0) is 0 Å². The number of thiophene rings is 1. The Hall–Kier alpha value is -4.93. The molecule has 0 saturated carbocycles. The van der Waals surface area contributed by atoms with Gasteiger partial charge in [0.15, 0.2) is 0 Å². The van der Waals surface area contributed by atoms with E-state index >= 15 is 0 Å². The monoisotopic (exact) mass is 516 g/mol. The Morgan fingerprint density at radius 1 is 0.564 bits per heavy atom. The Morgan fingerprint density at radius 3 is 2.28 bits per heavy atom. The van der Waals surface area contributed by atoms with Crippen LogP contribution in [-0.4, -0.2) is 9.55 Å². The summed E-state index contributed by atoms with van der Waals surface area (Å²) in [5.74, 6) is 0. The van der Waals surface area contributed by atoms with Crippen molar-refractivity contribution in [2.24, 2.45) is 0 Å². The third kappa shape index (κ3) is 2.95. The van der Waals surface area contributed by atoms with Crippen LogP contribution >= 0.6 is 11.3 Å². The van der Waals surface area contributed by atoms with Crippen LogP contribution in [0.4, 0.5) is 0 Å². The second kappa shape index (κ2) is 7.79. The second-order valence-corrected chi connectivity index (χ2v) is 11.1. The van der Waals surface area contributed by atoms with Gasteiger partial charge in [0, 0.05) is 59.2 Å². The Morgan fingerprint density at radius 2 is 1.33 bits per heavy atom. The lowest BCUT2D eigenvalue weighted by Gasteiger charge is -2.09. The maximum absolute atomic E-state index is 6.36. The molecule has 4 heteroatoms. The molecule has 3 nitrogen and oxygen atoms in total. The van der Waals surface area contributed by atoms with E-state index in [1.165, 1.54) is 31.1 Å². The van der Waals surface area contributed by atoms with Crippen LogP contribution in [0, 0.1) is 0 Å². The first kappa shape index (κ1) is 21.1. The third-order valence-corrected chi connectivity index (χ3v) is 8.99. The van der Waals surface area contributed by atoms with Crippen LogP contribution in [0.5, 0.6) is 0 Å². The highest BCUT2D eigenvalue weighted by Gasteiger charge is 2.17. The van der Waals surface area contributed by atoms with Crippen LogP contribution in [0.3, 0.4) is 0 Å². The van der Waals surface area contributed by atoms with Crippen molar-refractivity contribution >= 4 is 75.3 Å². The van der Waals surface area contributed by atoms with E-state index in [2.05, 4.69) is 108 Å². The molecule has 0 radical (unpaired) electrons. The van der Waals surface area contributed by atoms with Crippen molar-refractivity contribution < 1.29 is 4.42 Å². The minimum absolute atomic E-state index is 0.875. The number of fused-ring (bicyclic) bond motifs is 9. The fourth-order valence-corrected chi connectivity index (χ4v) is 7.23. The number of hydrogen-bond acceptors (Lipinski definition) is 3. The van der Waals surface area contributed by atoms with Crippen LogP contribution in [0.1, 0.15) is 0 Å². The molecule has 0 N–H and O–H groups in total. The molecule has 4 heterocycles. The predicted molar refractivity (Wildman–Crippen MR) is 164 cm³/mol. The van der Waals surface area contributed by atoms with Crippen LogP contribution in [0.15, 0.2) is 126 Å². The first-order valence-electron chi connectivity index (χ1n) is 13.0. The summed E-state index contributed by atoms with van der Waals surface area (Å²) in [5.41, 5.74) is 7.14. The molecule has 0 aliphatic carbocycles. The zero-order chi connectivity index (χ0) is 25.5. The lowest BCUT2D eigenvalue weighted by Crippen LogP contribution is -1.94. The molecule has 0 spiro atoms. The summed E-state index contributed by atoms with van der Waals surface area (Å²) in [6.07, 6.45) is 2.02. The van der Waals surface area contributed by atoms with E-state index in [0.717, 1.165) is 49.8 Å². The van der Waals surface area contributed by atoms with Crippen molar-refractivity contribution in [2.45, 2.75) is 0 Å². The average Bonchev–Trinajstić information content (AvgIpc) is 3.65. The summed E-state index contributed by atoms with van der Waals surface area (Å²) in [6, 6.07) is 40.8. The number of aromatic nitrogens is 2. The first-order valence-corrected chi connectivity index (χ1v) is 13.9. The van der Waals surface area contributed by atoms with Crippen molar-refractivity contribution in [2.75, 3.05) is 0 Å². The standard InChI is InChI=1S/C35H20N2OS/c1-4-13-30-22(8-1)28-20-36-29(27-12-7-11-26-23-9-2-5-14-32(23)38-35(26)27)19-31(28)37(30)21-16-17-25-24-10-3-6-15-33(24)39-34(25)18-21/h1-20H. The molecule has 182 valence electrons. The SMILES string of the molecule is c1ccc2c(c1)oc1c(-c3cc4c(cn3)c3ccccc3n4-c3ccc4c(c3)sc3ccccc34)cccc12. The number of pyridine rings is 1. The van der Waals surface area contributed by atoms with E-state index in [1.807, 2.05) is 29.7 Å². The number of nitrogens with zero attached hydrogens (tertiary/aromatic N) is 2. The summed E-state index contributed by atoms with van der Waals surface area (Å²) >= 11 is 1.85. The fraction of sp³-hybridized carbons (Fsp3) is 0. The van der Waals surface area contributed by atoms with Crippen molar-refractivity contribution in [3.8, 4) is 16.9 Å². The highest BCUT2D eigenvalue weighted by atomic mass is 32.1. The molecule has 0 aliphatic rings. The van der Waals surface area contributed by atoms with E-state index < -0.39 is 0 Å². The van der Waals surface area contributed by atoms with Crippen molar-refractivity contribution in [1.29, 1.82) is 0 Å². The molecule has 4 aromatic heterocycles. The van der Waals surface area contributed by atoms with Gasteiger partial charge in [0.1, 0.15) is 11.2 Å². The molecule has 0 bridgehead atoms. The number of furan rings is 1. The molecular formula is C35H20N2OS. The Balaban J connectivity index is 1.33. The lowest BCUT2D eigenvalue weighted by atomic mass is 10.1. The van der Waals surface area contributed by atoms with Crippen LogP contribution < -0.4 is 0 Å². The first-order chi connectivity index (χ1) is 19.3. The molecular weight excluding hydrogens is 496 g/mol. The highest BCUT2D eigenvalue weighted by Crippen LogP contribution is 2.40. The minimum Gasteiger partial charge on any atom is -0.455 e. The lowest BCUT2D eigenvalue weighted by molar-refractivity contribution is 0.670. The zero-order valence-electron chi connectivity index (χ0n) is 20.8. The molecule has 0 unspecified atom stereocenters. The van der Waals surface area contributed by atoms with Gasteiger partial charge in [0.2, 0.25) is 0 Å². The molecule has 5 aromatic carbocycles. The van der Waals surface area contributed by atoms with Crippen LogP contribution in [0.25, 0.3) is 80.9 Å². The maximum Gasteiger partial charge on any atom is 0.144 e. The van der Waals surface area contributed by atoms with E-state index in [4.69, 9.17) is 9.40 Å². The van der Waals surface area contributed by atoms with Crippen molar-refractivity contribution in [3.63, 3.8) is 0 Å². The van der Waals surface area contributed by atoms with Gasteiger partial charge in [-0.05, 0) is 42.5 Å². The van der Waals surface area contributed by atoms with E-state index in [0.29, 0.717) is 0 Å². The summed E-state index contributed by atoms with van der Waals surface area (Å²) < 4.78 is 11.3. The normalized spacial score (nSPS) is 12.1. The molecule has 0 aliphatic heterocycles. The smallest absolute Gasteiger partial charge is 0.144 e. The van der Waals surface area contributed by atoms with Gasteiger partial charge < -0.3 is 8.98 Å². The van der Waals surface area contributed by atoms with Crippen molar-refractivity contribution in [3.05, 3.63) is 121 Å². The topological polar surface area (TPSA) is 31.0 Å². The molecule has 0 saturated heterocycles. The minimum atomic E-state index is 0.875. The fourth-order valence-electron chi connectivity index (χ4n) is 6.09. The van der Waals surface area contributed by atoms with Gasteiger partial charge in [-0.3, -0.25) is 4.98 Å². The number of benzene rings is 5. The Labute approximate surface area is 227 Å². The molecule has 39 heavy (non-hydrogen) atoms. The average molecular weight is 517 g/mol. The maximum atomic E-state index is 6.36. The molecule has 0 amide bonds. The summed E-state index contributed by atoms with van der Waals surface area (Å²) in [5, 5.41) is 7.20. The summed E-state index contributed by atoms with van der Waals surface area (Å²) in [4.78, 5) is 4.96. The second-order valence-electron chi connectivity index (χ2n) is 10.00. The van der Waals surface area contributed by atoms with E-state index in [1.54, 1.807) is 0 Å². The van der Waals surface area contributed by atoms with Gasteiger partial charge in [-0.1, -0.05) is 72.8 Å². The van der Waals surface area contributed by atoms with E-state index in [9.17, 15) is 0 Å². The summed E-state index contributed by atoms with van der Waals surface area (Å²) in [7, 11) is 0. The third-order valence-electron chi connectivity index (χ3n) is 7.86. The number of hydrogen-bond donors (Lipinski definition) is 0.